The monoisotopic (exact) mass is 259 g/mol. The van der Waals surface area contributed by atoms with Crippen molar-refractivity contribution in [1.82, 2.24) is 5.48 Å². The van der Waals surface area contributed by atoms with Gasteiger partial charge in [0.15, 0.2) is 11.5 Å². The van der Waals surface area contributed by atoms with Gasteiger partial charge in [0.25, 0.3) is 0 Å². The predicted molar refractivity (Wildman–Crippen MR) is 62.8 cm³/mol. The van der Waals surface area contributed by atoms with Crippen LogP contribution in [0.2, 0.25) is 5.02 Å². The van der Waals surface area contributed by atoms with E-state index in [9.17, 15) is 0 Å². The van der Waals surface area contributed by atoms with Gasteiger partial charge in [-0.05, 0) is 6.07 Å². The number of hydroxylamine groups is 1. The third kappa shape index (κ3) is 2.41. The first kappa shape index (κ1) is 12.3. The van der Waals surface area contributed by atoms with Crippen molar-refractivity contribution in [2.24, 2.45) is 0 Å². The fourth-order valence-electron chi connectivity index (χ4n) is 1.68. The molecule has 0 saturated carbocycles. The van der Waals surface area contributed by atoms with Crippen LogP contribution in [0.4, 0.5) is 0 Å². The van der Waals surface area contributed by atoms with Gasteiger partial charge in [-0.1, -0.05) is 11.6 Å². The molecule has 1 aliphatic rings. The average molecular weight is 260 g/mol. The Hall–Kier alpha value is -1.17. The Balaban J connectivity index is 2.40. The predicted octanol–water partition coefficient (Wildman–Crippen LogP) is 1.77. The molecule has 6 heteroatoms. The van der Waals surface area contributed by atoms with Crippen LogP contribution in [-0.4, -0.2) is 27.4 Å². The molecule has 0 saturated heterocycles. The van der Waals surface area contributed by atoms with E-state index in [0.29, 0.717) is 42.0 Å². The normalized spacial score (nSPS) is 13.6. The first-order valence-electron chi connectivity index (χ1n) is 5.18. The van der Waals surface area contributed by atoms with Crippen LogP contribution in [0.5, 0.6) is 17.2 Å². The van der Waals surface area contributed by atoms with Crippen molar-refractivity contribution in [3.8, 4) is 17.2 Å². The number of halogens is 1. The molecule has 0 fully saturated rings. The third-order valence-electron chi connectivity index (χ3n) is 2.42. The Morgan fingerprint density at radius 2 is 2.12 bits per heavy atom. The molecule has 0 aliphatic carbocycles. The van der Waals surface area contributed by atoms with Crippen molar-refractivity contribution in [1.29, 1.82) is 0 Å². The summed E-state index contributed by atoms with van der Waals surface area (Å²) in [6, 6.07) is 1.84. The molecule has 1 aromatic rings. The zero-order valence-corrected chi connectivity index (χ0v) is 10.5. The lowest BCUT2D eigenvalue weighted by atomic mass is 10.1. The molecule has 1 aromatic carbocycles. The highest BCUT2D eigenvalue weighted by atomic mass is 35.5. The summed E-state index contributed by atoms with van der Waals surface area (Å²) in [5.74, 6) is 1.74. The third-order valence-corrected chi connectivity index (χ3v) is 2.76. The summed E-state index contributed by atoms with van der Waals surface area (Å²) in [6.45, 7) is 1.48. The second-order valence-electron chi connectivity index (χ2n) is 3.43. The van der Waals surface area contributed by atoms with Gasteiger partial charge < -0.3 is 19.0 Å². The van der Waals surface area contributed by atoms with Gasteiger partial charge >= 0.3 is 0 Å². The molecule has 94 valence electrons. The number of fused-ring (bicyclic) bond motifs is 1. The molecule has 0 unspecified atom stereocenters. The minimum atomic E-state index is 0.428. The van der Waals surface area contributed by atoms with Crippen molar-refractivity contribution < 1.29 is 19.0 Å². The largest absolute Gasteiger partial charge is 0.495 e. The highest BCUT2D eigenvalue weighted by Gasteiger charge is 2.22. The van der Waals surface area contributed by atoms with Crippen LogP contribution in [0.3, 0.4) is 0 Å². The summed E-state index contributed by atoms with van der Waals surface area (Å²) in [5.41, 5.74) is 3.59. The lowest BCUT2D eigenvalue weighted by molar-refractivity contribution is 0.0859. The Kier molecular flexibility index (Phi) is 3.93. The van der Waals surface area contributed by atoms with E-state index in [1.54, 1.807) is 14.2 Å². The minimum Gasteiger partial charge on any atom is -0.495 e. The Morgan fingerprint density at radius 1 is 1.35 bits per heavy atom. The van der Waals surface area contributed by atoms with Gasteiger partial charge in [0.05, 0.1) is 14.2 Å². The first-order valence-corrected chi connectivity index (χ1v) is 5.56. The second kappa shape index (κ2) is 5.44. The summed E-state index contributed by atoms with van der Waals surface area (Å²) < 4.78 is 16.2. The van der Waals surface area contributed by atoms with E-state index in [0.717, 1.165) is 5.56 Å². The van der Waals surface area contributed by atoms with Crippen LogP contribution in [-0.2, 0) is 11.4 Å². The van der Waals surface area contributed by atoms with Crippen molar-refractivity contribution in [3.63, 3.8) is 0 Å². The van der Waals surface area contributed by atoms with Crippen molar-refractivity contribution >= 4 is 11.6 Å². The van der Waals surface area contributed by atoms with Gasteiger partial charge in [0, 0.05) is 12.1 Å². The van der Waals surface area contributed by atoms with Crippen LogP contribution in [0.1, 0.15) is 5.56 Å². The van der Waals surface area contributed by atoms with E-state index < -0.39 is 0 Å². The second-order valence-corrected chi connectivity index (χ2v) is 3.81. The highest BCUT2D eigenvalue weighted by Crippen LogP contribution is 2.45. The lowest BCUT2D eigenvalue weighted by Gasteiger charge is -2.22. The summed E-state index contributed by atoms with van der Waals surface area (Å²) in [7, 11) is 3.11. The SMILES string of the molecule is CONCc1cc2c(c(Cl)c1OC)OCCO2. The molecule has 0 amide bonds. The summed E-state index contributed by atoms with van der Waals surface area (Å²) in [4.78, 5) is 4.81. The molecule has 5 nitrogen and oxygen atoms in total. The molecule has 0 bridgehead atoms. The van der Waals surface area contributed by atoms with Crippen molar-refractivity contribution in [2.45, 2.75) is 6.54 Å². The number of hydrogen-bond donors (Lipinski definition) is 1. The maximum absolute atomic E-state index is 6.21. The zero-order chi connectivity index (χ0) is 12.3. The van der Waals surface area contributed by atoms with Gasteiger partial charge in [0.2, 0.25) is 0 Å². The molecule has 0 radical (unpaired) electrons. The van der Waals surface area contributed by atoms with E-state index in [4.69, 9.17) is 30.6 Å². The standard InChI is InChI=1S/C11H14ClNO4/c1-14-10-7(6-13-15-2)5-8-11(9(10)12)17-4-3-16-8/h5,13H,3-4,6H2,1-2H3. The maximum Gasteiger partial charge on any atom is 0.183 e. The number of methoxy groups -OCH3 is 1. The zero-order valence-electron chi connectivity index (χ0n) is 9.71. The molecule has 0 aromatic heterocycles. The fourth-order valence-corrected chi connectivity index (χ4v) is 2.03. The fraction of sp³-hybridized carbons (Fsp3) is 0.455. The smallest absolute Gasteiger partial charge is 0.183 e. The molecule has 2 rings (SSSR count). The van der Waals surface area contributed by atoms with Crippen molar-refractivity contribution in [2.75, 3.05) is 27.4 Å². The summed E-state index contributed by atoms with van der Waals surface area (Å²) in [6.07, 6.45) is 0. The molecule has 1 heterocycles. The van der Waals surface area contributed by atoms with E-state index in [1.165, 1.54) is 0 Å². The Bertz CT molecular complexity index is 411. The van der Waals surface area contributed by atoms with Crippen LogP contribution in [0, 0.1) is 0 Å². The van der Waals surface area contributed by atoms with Gasteiger partial charge in [-0.3, -0.25) is 0 Å². The molecule has 17 heavy (non-hydrogen) atoms. The van der Waals surface area contributed by atoms with Gasteiger partial charge in [-0.25, -0.2) is 0 Å². The lowest BCUT2D eigenvalue weighted by Crippen LogP contribution is -2.17. The van der Waals surface area contributed by atoms with E-state index >= 15 is 0 Å². The highest BCUT2D eigenvalue weighted by molar-refractivity contribution is 6.34. The quantitative estimate of drug-likeness (QED) is 0.835. The maximum atomic E-state index is 6.21. The van der Waals surface area contributed by atoms with E-state index in [1.807, 2.05) is 6.07 Å². The molecular weight excluding hydrogens is 246 g/mol. The van der Waals surface area contributed by atoms with Gasteiger partial charge in [0.1, 0.15) is 24.0 Å². The number of hydrogen-bond acceptors (Lipinski definition) is 5. The molecular formula is C11H14ClNO4. The van der Waals surface area contributed by atoms with Gasteiger partial charge in [-0.2, -0.15) is 5.48 Å². The average Bonchev–Trinajstić information content (AvgIpc) is 2.36. The van der Waals surface area contributed by atoms with Crippen LogP contribution in [0.15, 0.2) is 6.07 Å². The van der Waals surface area contributed by atoms with E-state index in [2.05, 4.69) is 5.48 Å². The number of benzene rings is 1. The molecule has 1 N–H and O–H groups in total. The Morgan fingerprint density at radius 3 is 2.82 bits per heavy atom. The minimum absolute atomic E-state index is 0.428. The van der Waals surface area contributed by atoms with Crippen LogP contribution < -0.4 is 19.7 Å². The molecule has 0 spiro atoms. The summed E-state index contributed by atoms with van der Waals surface area (Å²) >= 11 is 6.21. The topological polar surface area (TPSA) is 49.0 Å². The number of rotatable bonds is 4. The first-order chi connectivity index (χ1) is 8.27. The van der Waals surface area contributed by atoms with Crippen molar-refractivity contribution in [3.05, 3.63) is 16.7 Å². The Labute approximate surface area is 105 Å². The van der Waals surface area contributed by atoms with Crippen LogP contribution in [0.25, 0.3) is 0 Å². The molecule has 1 aliphatic heterocycles. The molecule has 0 atom stereocenters. The van der Waals surface area contributed by atoms with Crippen LogP contribution >= 0.6 is 11.6 Å². The number of ether oxygens (including phenoxy) is 3. The van der Waals surface area contributed by atoms with E-state index in [-0.39, 0.29) is 0 Å². The summed E-state index contributed by atoms with van der Waals surface area (Å²) in [5, 5.41) is 0.428. The van der Waals surface area contributed by atoms with Gasteiger partial charge in [-0.15, -0.1) is 0 Å². The number of nitrogens with one attached hydrogen (secondary N) is 1.